The quantitative estimate of drug-likeness (QED) is 0.826. The maximum Gasteiger partial charge on any atom is 0.224 e. The highest BCUT2D eigenvalue weighted by Gasteiger charge is 2.04. The van der Waals surface area contributed by atoms with E-state index in [-0.39, 0.29) is 5.91 Å². The molecule has 0 fully saturated rings. The van der Waals surface area contributed by atoms with E-state index in [1.807, 2.05) is 36.4 Å². The Balaban J connectivity index is 1.81. The van der Waals surface area contributed by atoms with Gasteiger partial charge in [-0.2, -0.15) is 0 Å². The number of nitrogens with two attached hydrogens (primary N) is 1. The summed E-state index contributed by atoms with van der Waals surface area (Å²) >= 11 is 0. The van der Waals surface area contributed by atoms with Crippen molar-refractivity contribution in [3.63, 3.8) is 0 Å². The SMILES string of the molecule is Cc1cccc(CCC(=O)Nc2ccc(OCCN)cc2)c1. The normalized spacial score (nSPS) is 10.3. The van der Waals surface area contributed by atoms with Gasteiger partial charge in [-0.3, -0.25) is 4.79 Å². The molecule has 22 heavy (non-hydrogen) atoms. The van der Waals surface area contributed by atoms with Crippen LogP contribution >= 0.6 is 0 Å². The van der Waals surface area contributed by atoms with Gasteiger partial charge in [-0.1, -0.05) is 29.8 Å². The lowest BCUT2D eigenvalue weighted by atomic mass is 10.1. The van der Waals surface area contributed by atoms with Crippen LogP contribution in [0.2, 0.25) is 0 Å². The number of rotatable bonds is 7. The average Bonchev–Trinajstić information content (AvgIpc) is 2.52. The Hall–Kier alpha value is -2.33. The number of anilines is 1. The highest BCUT2D eigenvalue weighted by atomic mass is 16.5. The molecular weight excluding hydrogens is 276 g/mol. The number of ether oxygens (including phenoxy) is 1. The standard InChI is InChI=1S/C18H22N2O2/c1-14-3-2-4-15(13-14)5-10-18(21)20-16-6-8-17(9-7-16)22-12-11-19/h2-4,6-9,13H,5,10-12,19H2,1H3,(H,20,21). The Morgan fingerprint density at radius 3 is 2.64 bits per heavy atom. The summed E-state index contributed by atoms with van der Waals surface area (Å²) in [5.74, 6) is 0.764. The lowest BCUT2D eigenvalue weighted by molar-refractivity contribution is -0.116. The highest BCUT2D eigenvalue weighted by Crippen LogP contribution is 2.16. The van der Waals surface area contributed by atoms with Gasteiger partial charge in [0, 0.05) is 18.7 Å². The van der Waals surface area contributed by atoms with Crippen LogP contribution in [0.5, 0.6) is 5.75 Å². The number of amides is 1. The molecule has 0 aliphatic heterocycles. The third-order valence-electron chi connectivity index (χ3n) is 3.25. The lowest BCUT2D eigenvalue weighted by Gasteiger charge is -2.08. The van der Waals surface area contributed by atoms with E-state index in [1.165, 1.54) is 11.1 Å². The molecule has 0 unspecified atom stereocenters. The van der Waals surface area contributed by atoms with Crippen LogP contribution in [0.4, 0.5) is 5.69 Å². The van der Waals surface area contributed by atoms with Crippen LogP contribution in [0.1, 0.15) is 17.5 Å². The van der Waals surface area contributed by atoms with Gasteiger partial charge >= 0.3 is 0 Å². The summed E-state index contributed by atoms with van der Waals surface area (Å²) < 4.78 is 5.39. The second kappa shape index (κ2) is 8.20. The van der Waals surface area contributed by atoms with Gasteiger partial charge in [-0.15, -0.1) is 0 Å². The topological polar surface area (TPSA) is 64.3 Å². The molecule has 4 heteroatoms. The zero-order valence-electron chi connectivity index (χ0n) is 12.8. The Bertz CT molecular complexity index is 609. The van der Waals surface area contributed by atoms with Crippen molar-refractivity contribution < 1.29 is 9.53 Å². The molecule has 0 atom stereocenters. The summed E-state index contributed by atoms with van der Waals surface area (Å²) in [4.78, 5) is 12.0. The second-order valence-electron chi connectivity index (χ2n) is 5.20. The van der Waals surface area contributed by atoms with Crippen LogP contribution in [-0.2, 0) is 11.2 Å². The summed E-state index contributed by atoms with van der Waals surface area (Å²) in [5, 5.41) is 2.89. The van der Waals surface area contributed by atoms with Gasteiger partial charge in [0.2, 0.25) is 5.91 Å². The van der Waals surface area contributed by atoms with Gasteiger partial charge in [0.15, 0.2) is 0 Å². The van der Waals surface area contributed by atoms with Gasteiger partial charge in [-0.25, -0.2) is 0 Å². The number of aryl methyl sites for hydroxylation is 2. The molecule has 0 saturated heterocycles. The second-order valence-corrected chi connectivity index (χ2v) is 5.20. The molecule has 0 aliphatic carbocycles. The molecule has 0 spiro atoms. The Kier molecular flexibility index (Phi) is 5.98. The summed E-state index contributed by atoms with van der Waals surface area (Å²) in [6.45, 7) is 3.03. The maximum atomic E-state index is 12.0. The molecule has 0 bridgehead atoms. The molecule has 0 heterocycles. The minimum atomic E-state index is 0.0112. The Morgan fingerprint density at radius 2 is 1.95 bits per heavy atom. The van der Waals surface area contributed by atoms with Crippen molar-refractivity contribution in [2.75, 3.05) is 18.5 Å². The van der Waals surface area contributed by atoms with Gasteiger partial charge in [-0.05, 0) is 43.2 Å². The Morgan fingerprint density at radius 1 is 1.18 bits per heavy atom. The maximum absolute atomic E-state index is 12.0. The molecule has 1 amide bonds. The van der Waals surface area contributed by atoms with Crippen LogP contribution < -0.4 is 15.8 Å². The van der Waals surface area contributed by atoms with Crippen molar-refractivity contribution >= 4 is 11.6 Å². The zero-order chi connectivity index (χ0) is 15.8. The Labute approximate surface area is 131 Å². The smallest absolute Gasteiger partial charge is 0.224 e. The van der Waals surface area contributed by atoms with Gasteiger partial charge in [0.1, 0.15) is 12.4 Å². The monoisotopic (exact) mass is 298 g/mol. The first-order chi connectivity index (χ1) is 10.7. The van der Waals surface area contributed by atoms with E-state index in [2.05, 4.69) is 24.4 Å². The summed E-state index contributed by atoms with van der Waals surface area (Å²) in [6, 6.07) is 15.5. The van der Waals surface area contributed by atoms with Crippen LogP contribution in [-0.4, -0.2) is 19.1 Å². The van der Waals surface area contributed by atoms with Crippen molar-refractivity contribution in [2.24, 2.45) is 5.73 Å². The molecule has 0 radical (unpaired) electrons. The molecule has 4 nitrogen and oxygen atoms in total. The fraction of sp³-hybridized carbons (Fsp3) is 0.278. The first-order valence-corrected chi connectivity index (χ1v) is 7.46. The molecule has 0 aliphatic rings. The molecule has 0 aromatic heterocycles. The van der Waals surface area contributed by atoms with Crippen molar-refractivity contribution in [1.82, 2.24) is 0 Å². The number of hydrogen-bond donors (Lipinski definition) is 2. The fourth-order valence-corrected chi connectivity index (χ4v) is 2.16. The highest BCUT2D eigenvalue weighted by molar-refractivity contribution is 5.90. The van der Waals surface area contributed by atoms with E-state index in [0.717, 1.165) is 17.9 Å². The van der Waals surface area contributed by atoms with Crippen molar-refractivity contribution in [3.8, 4) is 5.75 Å². The number of benzene rings is 2. The summed E-state index contributed by atoms with van der Waals surface area (Å²) in [6.07, 6.45) is 1.21. The van der Waals surface area contributed by atoms with Crippen molar-refractivity contribution in [1.29, 1.82) is 0 Å². The summed E-state index contributed by atoms with van der Waals surface area (Å²) in [5.41, 5.74) is 8.55. The van der Waals surface area contributed by atoms with Gasteiger partial charge in [0.05, 0.1) is 0 Å². The number of hydrogen-bond acceptors (Lipinski definition) is 3. The zero-order valence-corrected chi connectivity index (χ0v) is 12.8. The van der Waals surface area contributed by atoms with Crippen LogP contribution in [0.25, 0.3) is 0 Å². The first kappa shape index (κ1) is 16.0. The van der Waals surface area contributed by atoms with E-state index in [4.69, 9.17) is 10.5 Å². The third-order valence-corrected chi connectivity index (χ3v) is 3.25. The predicted octanol–water partition coefficient (Wildman–Crippen LogP) is 2.90. The van der Waals surface area contributed by atoms with Crippen LogP contribution in [0.3, 0.4) is 0 Å². The van der Waals surface area contributed by atoms with E-state index in [9.17, 15) is 4.79 Å². The first-order valence-electron chi connectivity index (χ1n) is 7.46. The van der Waals surface area contributed by atoms with E-state index >= 15 is 0 Å². The van der Waals surface area contributed by atoms with E-state index in [0.29, 0.717) is 19.6 Å². The molecule has 116 valence electrons. The molecule has 2 rings (SSSR count). The molecule has 2 aromatic rings. The number of nitrogens with one attached hydrogen (secondary N) is 1. The largest absolute Gasteiger partial charge is 0.492 e. The minimum absolute atomic E-state index is 0.0112. The van der Waals surface area contributed by atoms with Gasteiger partial charge < -0.3 is 15.8 Å². The minimum Gasteiger partial charge on any atom is -0.492 e. The fourth-order valence-electron chi connectivity index (χ4n) is 2.16. The number of carbonyl (C=O) groups is 1. The van der Waals surface area contributed by atoms with Crippen LogP contribution in [0.15, 0.2) is 48.5 Å². The van der Waals surface area contributed by atoms with Crippen LogP contribution in [0, 0.1) is 6.92 Å². The molecular formula is C18H22N2O2. The third kappa shape index (κ3) is 5.22. The lowest BCUT2D eigenvalue weighted by Crippen LogP contribution is -2.12. The van der Waals surface area contributed by atoms with Crippen molar-refractivity contribution in [2.45, 2.75) is 19.8 Å². The average molecular weight is 298 g/mol. The number of carbonyl (C=O) groups excluding carboxylic acids is 1. The molecule has 2 aromatic carbocycles. The molecule has 3 N–H and O–H groups in total. The predicted molar refractivity (Wildman–Crippen MR) is 89.1 cm³/mol. The summed E-state index contributed by atoms with van der Waals surface area (Å²) in [7, 11) is 0. The van der Waals surface area contributed by atoms with Gasteiger partial charge in [0.25, 0.3) is 0 Å². The van der Waals surface area contributed by atoms with E-state index in [1.54, 1.807) is 0 Å². The van der Waals surface area contributed by atoms with Crippen molar-refractivity contribution in [3.05, 3.63) is 59.7 Å². The molecule has 0 saturated carbocycles. The van der Waals surface area contributed by atoms with E-state index < -0.39 is 0 Å².